The van der Waals surface area contributed by atoms with Crippen molar-refractivity contribution in [2.75, 3.05) is 40.9 Å². The molecular formula is C61H110N2O7P+. The fraction of sp³-hybridized carbons (Fsp3) is 0.738. The molecule has 0 aliphatic heterocycles. The number of nitrogens with one attached hydrogen (secondary N) is 1. The number of phosphoric acid groups is 1. The Morgan fingerprint density at radius 2 is 0.901 bits per heavy atom. The Labute approximate surface area is 437 Å². The number of carbonyl (C=O) groups excluding carboxylic acids is 2. The lowest BCUT2D eigenvalue weighted by molar-refractivity contribution is -0.870. The first-order chi connectivity index (χ1) is 34.4. The Morgan fingerprint density at radius 3 is 1.38 bits per heavy atom. The molecule has 3 unspecified atom stereocenters. The third kappa shape index (κ3) is 51.9. The summed E-state index contributed by atoms with van der Waals surface area (Å²) in [7, 11) is 1.46. The number of hydrogen-bond donors (Lipinski definition) is 2. The minimum atomic E-state index is -4.46. The predicted octanol–water partition coefficient (Wildman–Crippen LogP) is 17.4. The molecule has 0 aromatic carbocycles. The molecule has 0 aromatic heterocycles. The highest BCUT2D eigenvalue weighted by Gasteiger charge is 2.30. The molecule has 0 aliphatic rings. The maximum Gasteiger partial charge on any atom is 0.472 e. The lowest BCUT2D eigenvalue weighted by Gasteiger charge is -2.27. The van der Waals surface area contributed by atoms with E-state index in [0.29, 0.717) is 23.9 Å². The van der Waals surface area contributed by atoms with Gasteiger partial charge in [-0.25, -0.2) is 4.57 Å². The zero-order valence-corrected chi connectivity index (χ0v) is 47.6. The highest BCUT2D eigenvalue weighted by molar-refractivity contribution is 7.47. The van der Waals surface area contributed by atoms with E-state index >= 15 is 0 Å². The van der Waals surface area contributed by atoms with E-state index in [4.69, 9.17) is 13.8 Å². The van der Waals surface area contributed by atoms with Gasteiger partial charge in [-0.2, -0.15) is 0 Å². The second-order valence-corrected chi connectivity index (χ2v) is 21.9. The van der Waals surface area contributed by atoms with E-state index in [1.165, 1.54) is 77.0 Å². The molecule has 0 rings (SSSR count). The molecule has 3 atom stereocenters. The first-order valence-corrected chi connectivity index (χ1v) is 30.4. The largest absolute Gasteiger partial charge is 0.472 e. The smallest absolute Gasteiger partial charge is 0.456 e. The molecule has 0 aliphatic carbocycles. The SMILES string of the molecule is CC/C=C/C/C=C/C/C=C/CCCCCCCCC(=O)NC(COP(=O)(O)OCC[N+](C)(C)C)C(/C=C/CCCCCCCCCCCC)OC(=O)CCCCCC/C=C\C/C=C\C/C=C\CCCCC. The summed E-state index contributed by atoms with van der Waals surface area (Å²) in [4.78, 5) is 37.6. The van der Waals surface area contributed by atoms with Gasteiger partial charge in [-0.15, -0.1) is 0 Å². The summed E-state index contributed by atoms with van der Waals surface area (Å²) in [6.07, 6.45) is 65.7. The van der Waals surface area contributed by atoms with Crippen LogP contribution >= 0.6 is 7.82 Å². The number of carbonyl (C=O) groups is 2. The van der Waals surface area contributed by atoms with Crippen LogP contribution in [0.2, 0.25) is 0 Å². The molecule has 1 amide bonds. The molecule has 0 fully saturated rings. The second kappa shape index (κ2) is 50.7. The van der Waals surface area contributed by atoms with Crippen molar-refractivity contribution in [3.05, 3.63) is 85.1 Å². The Balaban J connectivity index is 5.41. The van der Waals surface area contributed by atoms with Gasteiger partial charge in [0.25, 0.3) is 0 Å². The van der Waals surface area contributed by atoms with Gasteiger partial charge in [0.2, 0.25) is 5.91 Å². The minimum absolute atomic E-state index is 0.0300. The number of phosphoric ester groups is 1. The van der Waals surface area contributed by atoms with Crippen molar-refractivity contribution in [2.24, 2.45) is 0 Å². The summed E-state index contributed by atoms with van der Waals surface area (Å²) < 4.78 is 30.6. The fourth-order valence-corrected chi connectivity index (χ4v) is 8.58. The summed E-state index contributed by atoms with van der Waals surface area (Å²) >= 11 is 0. The molecule has 0 saturated heterocycles. The van der Waals surface area contributed by atoms with Gasteiger partial charge in [-0.05, 0) is 102 Å². The van der Waals surface area contributed by atoms with Crippen LogP contribution in [0, 0.1) is 0 Å². The molecule has 10 heteroatoms. The number of rotatable bonds is 51. The number of likely N-dealkylation sites (N-methyl/N-ethyl adjacent to an activating group) is 1. The van der Waals surface area contributed by atoms with E-state index in [-0.39, 0.29) is 31.5 Å². The van der Waals surface area contributed by atoms with Crippen molar-refractivity contribution >= 4 is 19.7 Å². The normalized spacial score (nSPS) is 14.4. The predicted molar refractivity (Wildman–Crippen MR) is 304 cm³/mol. The first kappa shape index (κ1) is 68.2. The van der Waals surface area contributed by atoms with E-state index in [2.05, 4.69) is 99.0 Å². The minimum Gasteiger partial charge on any atom is -0.456 e. The zero-order valence-electron chi connectivity index (χ0n) is 46.7. The molecular weight excluding hydrogens is 904 g/mol. The molecule has 9 nitrogen and oxygen atoms in total. The van der Waals surface area contributed by atoms with E-state index in [1.807, 2.05) is 33.3 Å². The Morgan fingerprint density at radius 1 is 0.507 bits per heavy atom. The van der Waals surface area contributed by atoms with E-state index in [9.17, 15) is 19.0 Å². The number of hydrogen-bond acceptors (Lipinski definition) is 6. The number of quaternary nitrogens is 1. The Bertz CT molecular complexity index is 1490. The van der Waals surface area contributed by atoms with Crippen LogP contribution in [0.3, 0.4) is 0 Å². The van der Waals surface area contributed by atoms with Crippen LogP contribution in [-0.4, -0.2) is 74.3 Å². The van der Waals surface area contributed by atoms with Crippen molar-refractivity contribution < 1.29 is 37.3 Å². The van der Waals surface area contributed by atoms with Crippen molar-refractivity contribution in [3.63, 3.8) is 0 Å². The van der Waals surface area contributed by atoms with E-state index in [0.717, 1.165) is 122 Å². The van der Waals surface area contributed by atoms with Crippen LogP contribution in [0.15, 0.2) is 85.1 Å². The average Bonchev–Trinajstić information content (AvgIpc) is 3.33. The quantitative estimate of drug-likeness (QED) is 0.0205. The van der Waals surface area contributed by atoms with Gasteiger partial charge in [0.05, 0.1) is 33.8 Å². The van der Waals surface area contributed by atoms with Gasteiger partial charge in [-0.1, -0.05) is 209 Å². The number of unbranched alkanes of at least 4 members (excludes halogenated alkanes) is 23. The van der Waals surface area contributed by atoms with Crippen LogP contribution in [-0.2, 0) is 27.9 Å². The summed E-state index contributed by atoms with van der Waals surface area (Å²) in [5, 5.41) is 3.03. The molecule has 71 heavy (non-hydrogen) atoms. The molecule has 0 bridgehead atoms. The Kier molecular flexibility index (Phi) is 48.7. The molecule has 0 spiro atoms. The van der Waals surface area contributed by atoms with Crippen molar-refractivity contribution in [1.29, 1.82) is 0 Å². The third-order valence-electron chi connectivity index (χ3n) is 12.3. The summed E-state index contributed by atoms with van der Waals surface area (Å²) in [6, 6.07) is -0.868. The highest BCUT2D eigenvalue weighted by atomic mass is 31.2. The number of nitrogens with zero attached hydrogens (tertiary/aromatic N) is 1. The van der Waals surface area contributed by atoms with Crippen LogP contribution in [0.4, 0.5) is 0 Å². The van der Waals surface area contributed by atoms with Gasteiger partial charge < -0.3 is 19.4 Å². The van der Waals surface area contributed by atoms with E-state index in [1.54, 1.807) is 0 Å². The second-order valence-electron chi connectivity index (χ2n) is 20.4. The maximum absolute atomic E-state index is 13.5. The monoisotopic (exact) mass is 1010 g/mol. The van der Waals surface area contributed by atoms with Gasteiger partial charge in [-0.3, -0.25) is 18.6 Å². The molecule has 0 heterocycles. The molecule has 0 saturated carbocycles. The summed E-state index contributed by atoms with van der Waals surface area (Å²) in [5.74, 6) is -0.549. The Hall–Kier alpha value is -2.81. The molecule has 0 radical (unpaired) electrons. The number of amides is 1. The number of ether oxygens (including phenoxy) is 1. The molecule has 2 N–H and O–H groups in total. The van der Waals surface area contributed by atoms with Crippen LogP contribution in [0.25, 0.3) is 0 Å². The van der Waals surface area contributed by atoms with Crippen molar-refractivity contribution in [2.45, 2.75) is 251 Å². The topological polar surface area (TPSA) is 111 Å². The summed E-state index contributed by atoms with van der Waals surface area (Å²) in [6.45, 7) is 6.83. The summed E-state index contributed by atoms with van der Waals surface area (Å²) in [5.41, 5.74) is 0. The van der Waals surface area contributed by atoms with Crippen LogP contribution in [0.5, 0.6) is 0 Å². The van der Waals surface area contributed by atoms with Gasteiger partial charge in [0.1, 0.15) is 19.3 Å². The number of esters is 1. The maximum atomic E-state index is 13.5. The lowest BCUT2D eigenvalue weighted by atomic mass is 10.0. The van der Waals surface area contributed by atoms with Crippen molar-refractivity contribution in [3.8, 4) is 0 Å². The lowest BCUT2D eigenvalue weighted by Crippen LogP contribution is -2.47. The standard InChI is InChI=1S/C61H109N2O7P/c1-7-10-13-16-19-22-25-28-30-32-34-36-39-42-45-48-51-54-61(65)70-59(52-49-46-43-40-37-27-24-21-18-15-12-9-3)58(57-69-71(66,67)68-56-55-63(4,5)6)62-60(64)53-50-47-44-41-38-35-33-31-29-26-23-20-17-14-11-8-2/h11,14,19-20,22-23,28-31,34,36,49,52,58-59H,7-10,12-13,15-18,21,24-27,32-33,35,37-48,50-51,53-57H2,1-6H3,(H-,62,64,66,67)/p+1/b14-11+,22-19-,23-20+,30-28-,31-29+,36-34-,52-49+. The van der Waals surface area contributed by atoms with E-state index < -0.39 is 20.0 Å². The van der Waals surface area contributed by atoms with Crippen molar-refractivity contribution in [1.82, 2.24) is 5.32 Å². The molecule has 0 aromatic rings. The zero-order chi connectivity index (χ0) is 52.2. The molecule has 410 valence electrons. The number of allylic oxidation sites excluding steroid dienone is 13. The van der Waals surface area contributed by atoms with Crippen LogP contribution < -0.4 is 5.32 Å². The van der Waals surface area contributed by atoms with Gasteiger partial charge >= 0.3 is 13.8 Å². The van der Waals surface area contributed by atoms with Gasteiger partial charge in [0.15, 0.2) is 0 Å². The average molecular weight is 1010 g/mol. The van der Waals surface area contributed by atoms with Crippen LogP contribution in [0.1, 0.15) is 239 Å². The van der Waals surface area contributed by atoms with Gasteiger partial charge in [0, 0.05) is 12.8 Å². The fourth-order valence-electron chi connectivity index (χ4n) is 7.84. The highest BCUT2D eigenvalue weighted by Crippen LogP contribution is 2.43. The third-order valence-corrected chi connectivity index (χ3v) is 13.3. The first-order valence-electron chi connectivity index (χ1n) is 28.9.